The van der Waals surface area contributed by atoms with Gasteiger partial charge >= 0.3 is 0 Å². The van der Waals surface area contributed by atoms with Crippen LogP contribution in [0, 0.1) is 17.1 Å². The van der Waals surface area contributed by atoms with Crippen molar-refractivity contribution in [3.8, 4) is 6.07 Å². The first-order chi connectivity index (χ1) is 8.10. The summed E-state index contributed by atoms with van der Waals surface area (Å²) in [5, 5.41) is 8.56. The first kappa shape index (κ1) is 13.4. The summed E-state index contributed by atoms with van der Waals surface area (Å²) in [5.74, 6) is -1.11. The molecule has 1 aromatic heterocycles. The minimum absolute atomic E-state index is 0.0182. The van der Waals surface area contributed by atoms with Crippen molar-refractivity contribution in [2.75, 3.05) is 13.1 Å². The lowest BCUT2D eigenvalue weighted by Gasteiger charge is -2.18. The van der Waals surface area contributed by atoms with E-state index in [9.17, 15) is 9.18 Å². The molecule has 1 amide bonds. The number of rotatable bonds is 4. The first-order valence-electron chi connectivity index (χ1n) is 5.07. The Morgan fingerprint density at radius 2 is 2.41 bits per heavy atom. The molecule has 0 aliphatic carbocycles. The third-order valence-electron chi connectivity index (χ3n) is 2.08. The van der Waals surface area contributed by atoms with Crippen molar-refractivity contribution >= 4 is 17.5 Å². The van der Waals surface area contributed by atoms with Crippen LogP contribution in [0.1, 0.15) is 23.7 Å². The van der Waals surface area contributed by atoms with Gasteiger partial charge in [0.15, 0.2) is 0 Å². The molecule has 0 saturated carbocycles. The Bertz CT molecular complexity index is 459. The average molecular weight is 256 g/mol. The monoisotopic (exact) mass is 255 g/mol. The maximum Gasteiger partial charge on any atom is 0.257 e. The van der Waals surface area contributed by atoms with Crippen LogP contribution in [0.25, 0.3) is 0 Å². The minimum atomic E-state index is -0.633. The standard InChI is InChI=1S/C11H11ClFN3O/c1-2-4-16(5-3-14)11(17)9-6-8(13)7-15-10(9)12/h6-7H,2,4-5H2,1H3. The summed E-state index contributed by atoms with van der Waals surface area (Å²) in [6.07, 6.45) is 1.64. The first-order valence-corrected chi connectivity index (χ1v) is 5.45. The predicted octanol–water partition coefficient (Wildman–Crippen LogP) is 2.25. The molecule has 0 aromatic carbocycles. The van der Waals surface area contributed by atoms with Gasteiger partial charge in [-0.05, 0) is 12.5 Å². The summed E-state index contributed by atoms with van der Waals surface area (Å²) in [5.41, 5.74) is -0.0182. The van der Waals surface area contributed by atoms with Crippen molar-refractivity contribution in [3.63, 3.8) is 0 Å². The highest BCUT2D eigenvalue weighted by Gasteiger charge is 2.19. The molecule has 0 unspecified atom stereocenters. The zero-order valence-corrected chi connectivity index (χ0v) is 10.0. The smallest absolute Gasteiger partial charge is 0.257 e. The largest absolute Gasteiger partial charge is 0.325 e. The molecular weight excluding hydrogens is 245 g/mol. The number of nitrogens with zero attached hydrogens (tertiary/aromatic N) is 3. The Morgan fingerprint density at radius 3 is 3.00 bits per heavy atom. The maximum atomic E-state index is 13.0. The number of hydrogen-bond acceptors (Lipinski definition) is 3. The van der Waals surface area contributed by atoms with Crippen LogP contribution in [0.15, 0.2) is 12.3 Å². The molecule has 0 saturated heterocycles. The van der Waals surface area contributed by atoms with E-state index in [2.05, 4.69) is 4.98 Å². The van der Waals surface area contributed by atoms with Gasteiger partial charge in [-0.15, -0.1) is 0 Å². The number of aromatic nitrogens is 1. The molecule has 0 N–H and O–H groups in total. The van der Waals surface area contributed by atoms with Gasteiger partial charge in [0.05, 0.1) is 17.8 Å². The number of carbonyl (C=O) groups is 1. The summed E-state index contributed by atoms with van der Waals surface area (Å²) in [6, 6.07) is 2.91. The van der Waals surface area contributed by atoms with Crippen molar-refractivity contribution in [1.82, 2.24) is 9.88 Å². The zero-order valence-electron chi connectivity index (χ0n) is 9.28. The van der Waals surface area contributed by atoms with Gasteiger partial charge in [-0.2, -0.15) is 5.26 Å². The van der Waals surface area contributed by atoms with Gasteiger partial charge in [-0.25, -0.2) is 9.37 Å². The predicted molar refractivity (Wildman–Crippen MR) is 61.0 cm³/mol. The highest BCUT2D eigenvalue weighted by molar-refractivity contribution is 6.32. The second kappa shape index (κ2) is 6.16. The fourth-order valence-electron chi connectivity index (χ4n) is 1.35. The Balaban J connectivity index is 3.00. The van der Waals surface area contributed by atoms with Gasteiger partial charge in [0, 0.05) is 6.54 Å². The van der Waals surface area contributed by atoms with Gasteiger partial charge in [0.1, 0.15) is 17.5 Å². The summed E-state index contributed by atoms with van der Waals surface area (Å²) < 4.78 is 13.0. The molecule has 4 nitrogen and oxygen atoms in total. The molecule has 6 heteroatoms. The molecule has 1 rings (SSSR count). The van der Waals surface area contributed by atoms with E-state index in [-0.39, 0.29) is 17.3 Å². The molecule has 0 atom stereocenters. The molecule has 90 valence electrons. The summed E-state index contributed by atoms with van der Waals surface area (Å²) in [4.78, 5) is 16.9. The number of halogens is 2. The normalized spacial score (nSPS) is 9.76. The SMILES string of the molecule is CCCN(CC#N)C(=O)c1cc(F)cnc1Cl. The van der Waals surface area contributed by atoms with E-state index < -0.39 is 11.7 Å². The summed E-state index contributed by atoms with van der Waals surface area (Å²) in [7, 11) is 0. The van der Waals surface area contributed by atoms with E-state index in [1.165, 1.54) is 4.90 Å². The lowest BCUT2D eigenvalue weighted by atomic mass is 10.2. The van der Waals surface area contributed by atoms with E-state index in [1.54, 1.807) is 0 Å². The Morgan fingerprint density at radius 1 is 1.71 bits per heavy atom. The van der Waals surface area contributed by atoms with Gasteiger partial charge in [-0.3, -0.25) is 4.79 Å². The van der Waals surface area contributed by atoms with Crippen LogP contribution in [0.5, 0.6) is 0 Å². The lowest BCUT2D eigenvalue weighted by Crippen LogP contribution is -2.32. The van der Waals surface area contributed by atoms with E-state index >= 15 is 0 Å². The second-order valence-electron chi connectivity index (χ2n) is 3.38. The van der Waals surface area contributed by atoms with Crippen LogP contribution in [0.2, 0.25) is 5.15 Å². The molecule has 0 bridgehead atoms. The van der Waals surface area contributed by atoms with E-state index in [0.717, 1.165) is 12.3 Å². The molecule has 1 heterocycles. The van der Waals surface area contributed by atoms with Crippen molar-refractivity contribution < 1.29 is 9.18 Å². The van der Waals surface area contributed by atoms with Crippen molar-refractivity contribution in [2.24, 2.45) is 0 Å². The highest BCUT2D eigenvalue weighted by Crippen LogP contribution is 2.16. The molecule has 0 spiro atoms. The number of carbonyl (C=O) groups excluding carboxylic acids is 1. The van der Waals surface area contributed by atoms with Gasteiger partial charge < -0.3 is 4.90 Å². The third-order valence-corrected chi connectivity index (χ3v) is 2.38. The van der Waals surface area contributed by atoms with E-state index in [1.807, 2.05) is 13.0 Å². The molecular formula is C11H11ClFN3O. The molecule has 0 aliphatic rings. The van der Waals surface area contributed by atoms with Crippen LogP contribution in [0.3, 0.4) is 0 Å². The Labute approximate surface area is 104 Å². The fraction of sp³-hybridized carbons (Fsp3) is 0.364. The van der Waals surface area contributed by atoms with Crippen molar-refractivity contribution in [1.29, 1.82) is 5.26 Å². The number of amides is 1. The molecule has 1 aromatic rings. The zero-order chi connectivity index (χ0) is 12.8. The quantitative estimate of drug-likeness (QED) is 0.612. The fourth-order valence-corrected chi connectivity index (χ4v) is 1.53. The number of nitriles is 1. The van der Waals surface area contributed by atoms with Gasteiger partial charge in [-0.1, -0.05) is 18.5 Å². The van der Waals surface area contributed by atoms with Gasteiger partial charge in [0.2, 0.25) is 0 Å². The molecule has 0 radical (unpaired) electrons. The minimum Gasteiger partial charge on any atom is -0.325 e. The Hall–Kier alpha value is -1.67. The molecule has 17 heavy (non-hydrogen) atoms. The van der Waals surface area contributed by atoms with Crippen LogP contribution < -0.4 is 0 Å². The maximum absolute atomic E-state index is 13.0. The number of pyridine rings is 1. The molecule has 0 fully saturated rings. The Kier molecular flexibility index (Phi) is 4.85. The molecule has 0 aliphatic heterocycles. The lowest BCUT2D eigenvalue weighted by molar-refractivity contribution is 0.0775. The van der Waals surface area contributed by atoms with Crippen LogP contribution in [0.4, 0.5) is 4.39 Å². The number of hydrogen-bond donors (Lipinski definition) is 0. The van der Waals surface area contributed by atoms with Crippen molar-refractivity contribution in [2.45, 2.75) is 13.3 Å². The second-order valence-corrected chi connectivity index (χ2v) is 3.73. The third kappa shape index (κ3) is 3.40. The van der Waals surface area contributed by atoms with Crippen molar-refractivity contribution in [3.05, 3.63) is 28.8 Å². The van der Waals surface area contributed by atoms with Crippen LogP contribution >= 0.6 is 11.6 Å². The van der Waals surface area contributed by atoms with E-state index in [0.29, 0.717) is 13.0 Å². The van der Waals surface area contributed by atoms with Crippen LogP contribution in [-0.4, -0.2) is 28.9 Å². The van der Waals surface area contributed by atoms with E-state index in [4.69, 9.17) is 16.9 Å². The summed E-state index contributed by atoms with van der Waals surface area (Å²) >= 11 is 5.73. The van der Waals surface area contributed by atoms with Gasteiger partial charge in [0.25, 0.3) is 5.91 Å². The topological polar surface area (TPSA) is 57.0 Å². The summed E-state index contributed by atoms with van der Waals surface area (Å²) in [6.45, 7) is 2.24. The van der Waals surface area contributed by atoms with Crippen LogP contribution in [-0.2, 0) is 0 Å². The highest BCUT2D eigenvalue weighted by atomic mass is 35.5. The average Bonchev–Trinajstić information content (AvgIpc) is 2.31.